The van der Waals surface area contributed by atoms with Crippen LogP contribution in [0.4, 0.5) is 18.9 Å². The van der Waals surface area contributed by atoms with Crippen molar-refractivity contribution >= 4 is 11.6 Å². The van der Waals surface area contributed by atoms with Crippen LogP contribution in [0.25, 0.3) is 0 Å². The standard InChI is InChI=1S/C14H17F3N2O3/c1-22-11-5-3-2-4-10(11)18-8-12(20)19-7-6-13(21,9-19)14(15,16)17/h2-5,18,21H,6-9H2,1H3/t13-/m0/s1. The van der Waals surface area contributed by atoms with E-state index in [1.807, 2.05) is 0 Å². The summed E-state index contributed by atoms with van der Waals surface area (Å²) < 4.78 is 43.2. The summed E-state index contributed by atoms with van der Waals surface area (Å²) in [7, 11) is 1.48. The Morgan fingerprint density at radius 2 is 2.14 bits per heavy atom. The molecule has 5 nitrogen and oxygen atoms in total. The number of hydrogen-bond acceptors (Lipinski definition) is 4. The SMILES string of the molecule is COc1ccccc1NCC(=O)N1CC[C@@](O)(C(F)(F)F)C1. The van der Waals surface area contributed by atoms with Gasteiger partial charge in [0.1, 0.15) is 5.75 Å². The molecule has 1 aromatic rings. The fraction of sp³-hybridized carbons (Fsp3) is 0.500. The third-order valence-corrected chi connectivity index (χ3v) is 3.67. The van der Waals surface area contributed by atoms with Gasteiger partial charge >= 0.3 is 6.18 Å². The van der Waals surface area contributed by atoms with Gasteiger partial charge in [-0.3, -0.25) is 4.79 Å². The minimum atomic E-state index is -4.74. The van der Waals surface area contributed by atoms with Crippen LogP contribution in [0.15, 0.2) is 24.3 Å². The number of halogens is 3. The van der Waals surface area contributed by atoms with Gasteiger partial charge in [-0.2, -0.15) is 13.2 Å². The first-order valence-corrected chi connectivity index (χ1v) is 6.70. The summed E-state index contributed by atoms with van der Waals surface area (Å²) in [5, 5.41) is 12.4. The van der Waals surface area contributed by atoms with Crippen LogP contribution in [-0.2, 0) is 4.79 Å². The highest BCUT2D eigenvalue weighted by molar-refractivity contribution is 5.81. The Labute approximate surface area is 125 Å². The lowest BCUT2D eigenvalue weighted by Gasteiger charge is -2.26. The lowest BCUT2D eigenvalue weighted by Crippen LogP contribution is -2.48. The van der Waals surface area contributed by atoms with Crippen LogP contribution in [0.2, 0.25) is 0 Å². The summed E-state index contributed by atoms with van der Waals surface area (Å²) >= 11 is 0. The first-order valence-electron chi connectivity index (χ1n) is 6.70. The summed E-state index contributed by atoms with van der Waals surface area (Å²) in [6.07, 6.45) is -5.24. The number of hydrogen-bond donors (Lipinski definition) is 2. The molecule has 122 valence electrons. The highest BCUT2D eigenvalue weighted by Crippen LogP contribution is 2.37. The molecule has 2 rings (SSSR count). The second-order valence-electron chi connectivity index (χ2n) is 5.15. The van der Waals surface area contributed by atoms with Gasteiger partial charge in [-0.25, -0.2) is 0 Å². The van der Waals surface area contributed by atoms with Crippen molar-refractivity contribution in [3.8, 4) is 5.75 Å². The molecule has 1 aliphatic rings. The first kappa shape index (κ1) is 16.4. The molecule has 0 radical (unpaired) electrons. The zero-order valence-corrected chi connectivity index (χ0v) is 12.0. The number of para-hydroxylation sites is 2. The molecule has 1 atom stereocenters. The van der Waals surface area contributed by atoms with Crippen molar-refractivity contribution in [1.29, 1.82) is 0 Å². The van der Waals surface area contributed by atoms with E-state index in [0.717, 1.165) is 4.90 Å². The number of aliphatic hydroxyl groups is 1. The normalized spacial score (nSPS) is 21.8. The maximum atomic E-state index is 12.7. The van der Waals surface area contributed by atoms with Crippen LogP contribution in [0, 0.1) is 0 Å². The van der Waals surface area contributed by atoms with Gasteiger partial charge in [-0.05, 0) is 12.1 Å². The Kier molecular flexibility index (Phi) is 4.50. The van der Waals surface area contributed by atoms with E-state index < -0.39 is 30.7 Å². The number of carbonyl (C=O) groups excluding carboxylic acids is 1. The van der Waals surface area contributed by atoms with Crippen LogP contribution in [-0.4, -0.2) is 54.4 Å². The molecule has 1 aromatic carbocycles. The maximum absolute atomic E-state index is 12.7. The summed E-state index contributed by atoms with van der Waals surface area (Å²) in [5.74, 6) is 0.0228. The lowest BCUT2D eigenvalue weighted by molar-refractivity contribution is -0.253. The Morgan fingerprint density at radius 3 is 2.73 bits per heavy atom. The molecular formula is C14H17F3N2O3. The van der Waals surface area contributed by atoms with Crippen molar-refractivity contribution < 1.29 is 27.8 Å². The van der Waals surface area contributed by atoms with Crippen LogP contribution in [0.5, 0.6) is 5.75 Å². The van der Waals surface area contributed by atoms with E-state index in [2.05, 4.69) is 5.32 Å². The van der Waals surface area contributed by atoms with Gasteiger partial charge in [0.25, 0.3) is 0 Å². The summed E-state index contributed by atoms with van der Waals surface area (Å²) in [5.41, 5.74) is -2.24. The number of alkyl halides is 3. The molecule has 1 saturated heterocycles. The number of methoxy groups -OCH3 is 1. The van der Waals surface area contributed by atoms with E-state index in [-0.39, 0.29) is 13.1 Å². The van der Waals surface area contributed by atoms with Gasteiger partial charge in [0.2, 0.25) is 5.91 Å². The van der Waals surface area contributed by atoms with E-state index in [0.29, 0.717) is 11.4 Å². The van der Waals surface area contributed by atoms with Gasteiger partial charge in [0, 0.05) is 13.0 Å². The predicted molar refractivity (Wildman–Crippen MR) is 73.7 cm³/mol. The summed E-state index contributed by atoms with van der Waals surface area (Å²) in [4.78, 5) is 13.0. The number of nitrogens with one attached hydrogen (secondary N) is 1. The summed E-state index contributed by atoms with van der Waals surface area (Å²) in [6.45, 7) is -1.03. The number of likely N-dealkylation sites (tertiary alicyclic amines) is 1. The maximum Gasteiger partial charge on any atom is 0.419 e. The van der Waals surface area contributed by atoms with E-state index in [1.165, 1.54) is 7.11 Å². The van der Waals surface area contributed by atoms with Crippen LogP contribution >= 0.6 is 0 Å². The number of ether oxygens (including phenoxy) is 1. The van der Waals surface area contributed by atoms with E-state index >= 15 is 0 Å². The first-order chi connectivity index (χ1) is 10.3. The molecule has 0 saturated carbocycles. The molecule has 0 bridgehead atoms. The molecule has 0 aliphatic carbocycles. The molecule has 1 amide bonds. The molecule has 0 spiro atoms. The molecule has 0 aromatic heterocycles. The molecule has 1 heterocycles. The van der Waals surface area contributed by atoms with Crippen LogP contribution in [0.1, 0.15) is 6.42 Å². The van der Waals surface area contributed by atoms with Crippen LogP contribution < -0.4 is 10.1 Å². The fourth-order valence-corrected chi connectivity index (χ4v) is 2.31. The monoisotopic (exact) mass is 318 g/mol. The Balaban J connectivity index is 1.94. The zero-order valence-electron chi connectivity index (χ0n) is 12.0. The molecule has 2 N–H and O–H groups in total. The molecule has 1 aliphatic heterocycles. The average Bonchev–Trinajstić information content (AvgIpc) is 2.88. The van der Waals surface area contributed by atoms with Gasteiger partial charge in [0.05, 0.1) is 25.9 Å². The van der Waals surface area contributed by atoms with Gasteiger partial charge in [0.15, 0.2) is 5.60 Å². The second kappa shape index (κ2) is 6.04. The van der Waals surface area contributed by atoms with Crippen molar-refractivity contribution in [3.05, 3.63) is 24.3 Å². The second-order valence-corrected chi connectivity index (χ2v) is 5.15. The number of nitrogens with zero attached hydrogens (tertiary/aromatic N) is 1. The van der Waals surface area contributed by atoms with Gasteiger partial charge in [-0.15, -0.1) is 0 Å². The molecule has 22 heavy (non-hydrogen) atoms. The smallest absolute Gasteiger partial charge is 0.419 e. The largest absolute Gasteiger partial charge is 0.495 e. The molecular weight excluding hydrogens is 301 g/mol. The third kappa shape index (κ3) is 3.27. The zero-order chi connectivity index (χ0) is 16.4. The Bertz CT molecular complexity index is 550. The number of carbonyl (C=O) groups is 1. The number of β-amino-alcohol motifs (C(OH)–C–C–N with tert-alkyl or cyclic N) is 1. The molecule has 8 heteroatoms. The molecule has 0 unspecified atom stereocenters. The van der Waals surface area contributed by atoms with E-state index in [9.17, 15) is 23.1 Å². The van der Waals surface area contributed by atoms with E-state index in [1.54, 1.807) is 24.3 Å². The number of anilines is 1. The quantitative estimate of drug-likeness (QED) is 0.886. The summed E-state index contributed by atoms with van der Waals surface area (Å²) in [6, 6.07) is 6.90. The Hall–Kier alpha value is -1.96. The lowest BCUT2D eigenvalue weighted by atomic mass is 10.0. The van der Waals surface area contributed by atoms with Gasteiger partial charge in [-0.1, -0.05) is 12.1 Å². The van der Waals surface area contributed by atoms with Gasteiger partial charge < -0.3 is 20.1 Å². The molecule has 1 fully saturated rings. The van der Waals surface area contributed by atoms with Crippen LogP contribution in [0.3, 0.4) is 0 Å². The number of rotatable bonds is 4. The Morgan fingerprint density at radius 1 is 1.45 bits per heavy atom. The van der Waals surface area contributed by atoms with Crippen molar-refractivity contribution in [2.24, 2.45) is 0 Å². The highest BCUT2D eigenvalue weighted by Gasteiger charge is 2.57. The number of benzene rings is 1. The highest BCUT2D eigenvalue weighted by atomic mass is 19.4. The van der Waals surface area contributed by atoms with E-state index in [4.69, 9.17) is 4.74 Å². The van der Waals surface area contributed by atoms with Crippen molar-refractivity contribution in [2.75, 3.05) is 32.1 Å². The topological polar surface area (TPSA) is 61.8 Å². The predicted octanol–water partition coefficient (Wildman–Crippen LogP) is 1.63. The average molecular weight is 318 g/mol. The number of amides is 1. The minimum absolute atomic E-state index is 0.123. The third-order valence-electron chi connectivity index (χ3n) is 3.67. The minimum Gasteiger partial charge on any atom is -0.495 e. The van der Waals surface area contributed by atoms with Crippen molar-refractivity contribution in [2.45, 2.75) is 18.2 Å². The fourth-order valence-electron chi connectivity index (χ4n) is 2.31. The van der Waals surface area contributed by atoms with Crippen molar-refractivity contribution in [1.82, 2.24) is 4.90 Å². The van der Waals surface area contributed by atoms with Crippen molar-refractivity contribution in [3.63, 3.8) is 0 Å².